The van der Waals surface area contributed by atoms with Gasteiger partial charge in [0.05, 0.1) is 32.8 Å². The maximum atomic E-state index is 13.0. The number of aliphatic hydroxyl groups excluding tert-OH is 1. The van der Waals surface area contributed by atoms with E-state index in [1.165, 1.54) is 51.4 Å². The van der Waals surface area contributed by atoms with Crippen LogP contribution in [0.5, 0.6) is 0 Å². The zero-order valence-corrected chi connectivity index (χ0v) is 60.1. The summed E-state index contributed by atoms with van der Waals surface area (Å²) in [5.74, 6) is -2.36. The summed E-state index contributed by atoms with van der Waals surface area (Å²) in [5, 5.41) is 10.6. The Bertz CT molecular complexity index is 2270. The highest BCUT2D eigenvalue weighted by Gasteiger charge is 2.30. The fourth-order valence-corrected chi connectivity index (χ4v) is 10.6. The van der Waals surface area contributed by atoms with Crippen molar-refractivity contribution in [3.63, 3.8) is 0 Å². The van der Waals surface area contributed by atoms with Gasteiger partial charge in [0.25, 0.3) is 0 Å². The minimum absolute atomic E-state index is 0.0710. The quantitative estimate of drug-likeness (QED) is 0.0169. The highest BCUT2D eigenvalue weighted by molar-refractivity contribution is 7.47. The van der Waals surface area contributed by atoms with Crippen molar-refractivity contribution in [2.24, 2.45) is 0 Å². The normalized spacial score (nSPS) is 14.8. The average molecular weight is 1360 g/mol. The van der Waals surface area contributed by atoms with E-state index in [9.17, 15) is 43.2 Å². The maximum absolute atomic E-state index is 13.0. The van der Waals surface area contributed by atoms with Crippen LogP contribution in [0.1, 0.15) is 272 Å². The van der Waals surface area contributed by atoms with Crippen molar-refractivity contribution >= 4 is 39.5 Å². The van der Waals surface area contributed by atoms with Crippen LogP contribution in [-0.4, -0.2) is 96.7 Å². The van der Waals surface area contributed by atoms with Gasteiger partial charge in [-0.05, 0) is 109 Å². The maximum Gasteiger partial charge on any atom is 0.472 e. The number of allylic oxidation sites excluding steroid dienone is 19. The molecule has 0 fully saturated rings. The average Bonchev–Trinajstić information content (AvgIpc) is 1.24. The Balaban J connectivity index is 5.38. The Hall–Kier alpha value is -4.54. The van der Waals surface area contributed by atoms with Crippen LogP contribution in [-0.2, 0) is 65.4 Å². The summed E-state index contributed by atoms with van der Waals surface area (Å²) in [7, 11) is -9.97. The van der Waals surface area contributed by atoms with Crippen molar-refractivity contribution in [3.8, 4) is 0 Å². The molecule has 0 heterocycles. The smallest absolute Gasteiger partial charge is 0.462 e. The van der Waals surface area contributed by atoms with Crippen LogP contribution < -0.4 is 0 Å². The SMILES string of the molecule is CC/C=C\C/C=C\C/C=C\C/C=C\C/C=C\CC(=O)OCC(COP(=O)(O)OCC(O)COP(=O)(O)OCC(COC(=O)CCCCCC/C=C\C/C=C\C/C=C\C/C=C\CC)OC(=O)CCCCCCC/C=C\CCCC)OC(=O)CCCCCCCCCCCCC. The summed E-state index contributed by atoms with van der Waals surface area (Å²) in [6.07, 6.45) is 71.0. The van der Waals surface area contributed by atoms with Gasteiger partial charge in [0.15, 0.2) is 12.2 Å². The molecule has 5 unspecified atom stereocenters. The second-order valence-electron chi connectivity index (χ2n) is 23.4. The predicted molar refractivity (Wildman–Crippen MR) is 381 cm³/mol. The van der Waals surface area contributed by atoms with Crippen LogP contribution in [0.25, 0.3) is 0 Å². The number of hydrogen-bond donors (Lipinski definition) is 3. The standard InChI is InChI=1S/C75H126O17P2/c1-5-9-13-17-21-25-29-31-33-34-36-38-42-44-48-52-56-60-73(78)86-66-71(92-75(80)62-58-54-50-46-40-28-24-20-16-12-8-4)68-90-94(83,84)88-64-69(76)63-87-93(81,82)89-67-70(91-74(79)61-57-53-49-45-39-27-23-19-15-11-7-3)65-85-72(77)59-55-51-47-43-41-37-35-32-30-26-22-18-14-10-6-2/h9-10,13-14,20-22,24-26,31-33,35-36,38,41,43,51,55,69-71,76H,5-8,11-12,15-19,23,27-30,34,37,39-40,42,44-50,52-54,56-68H2,1-4H3,(H,81,82)(H,83,84)/b13-9-,14-10-,24-20-,25-21-,26-22-,33-31-,35-32-,38-36-,43-41-,55-51-. The molecule has 17 nitrogen and oxygen atoms in total. The van der Waals surface area contributed by atoms with Crippen LogP contribution in [0.2, 0.25) is 0 Å². The van der Waals surface area contributed by atoms with Gasteiger partial charge in [0, 0.05) is 19.3 Å². The molecule has 0 rings (SSSR count). The van der Waals surface area contributed by atoms with Gasteiger partial charge in [-0.25, -0.2) is 9.13 Å². The van der Waals surface area contributed by atoms with Crippen LogP contribution >= 0.6 is 15.6 Å². The molecule has 0 aliphatic rings. The molecule has 94 heavy (non-hydrogen) atoms. The molecule has 0 aromatic rings. The number of hydrogen-bond acceptors (Lipinski definition) is 15. The number of ether oxygens (including phenoxy) is 4. The van der Waals surface area contributed by atoms with Crippen LogP contribution in [0, 0.1) is 0 Å². The second-order valence-corrected chi connectivity index (χ2v) is 26.3. The number of unbranched alkanes of at least 4 members (excludes halogenated alkanes) is 21. The summed E-state index contributed by atoms with van der Waals surface area (Å²) < 4.78 is 68.1. The van der Waals surface area contributed by atoms with Gasteiger partial charge in [-0.15, -0.1) is 0 Å². The number of phosphoric ester groups is 2. The molecule has 0 radical (unpaired) electrons. The Morgan fingerprint density at radius 1 is 0.319 bits per heavy atom. The van der Waals surface area contributed by atoms with Crippen LogP contribution in [0.3, 0.4) is 0 Å². The van der Waals surface area contributed by atoms with Crippen molar-refractivity contribution in [2.45, 2.75) is 290 Å². The lowest BCUT2D eigenvalue weighted by Gasteiger charge is -2.21. The van der Waals surface area contributed by atoms with Gasteiger partial charge < -0.3 is 33.8 Å². The molecule has 0 aliphatic heterocycles. The monoisotopic (exact) mass is 1360 g/mol. The molecule has 0 aliphatic carbocycles. The van der Waals surface area contributed by atoms with Gasteiger partial charge in [-0.2, -0.15) is 0 Å². The van der Waals surface area contributed by atoms with Crippen LogP contribution in [0.4, 0.5) is 0 Å². The van der Waals surface area contributed by atoms with E-state index in [4.69, 9.17) is 37.0 Å². The summed E-state index contributed by atoms with van der Waals surface area (Å²) in [6, 6.07) is 0. The topological polar surface area (TPSA) is 237 Å². The predicted octanol–water partition coefficient (Wildman–Crippen LogP) is 20.0. The summed E-state index contributed by atoms with van der Waals surface area (Å²) in [6.45, 7) is 4.42. The Labute approximate surface area is 568 Å². The van der Waals surface area contributed by atoms with E-state index in [1.807, 2.05) is 18.2 Å². The number of aliphatic hydroxyl groups is 1. The van der Waals surface area contributed by atoms with Crippen molar-refractivity contribution in [3.05, 3.63) is 122 Å². The fraction of sp³-hybridized carbons (Fsp3) is 0.680. The second kappa shape index (κ2) is 67.0. The highest BCUT2D eigenvalue weighted by atomic mass is 31.2. The number of phosphoric acid groups is 2. The summed E-state index contributed by atoms with van der Waals surface area (Å²) in [5.41, 5.74) is 0. The number of rotatable bonds is 66. The van der Waals surface area contributed by atoms with E-state index in [-0.39, 0.29) is 25.7 Å². The lowest BCUT2D eigenvalue weighted by Crippen LogP contribution is -2.30. The molecule has 5 atom stereocenters. The van der Waals surface area contributed by atoms with Gasteiger partial charge in [-0.1, -0.05) is 258 Å². The number of esters is 4. The Kier molecular flexibility index (Phi) is 63.8. The van der Waals surface area contributed by atoms with Gasteiger partial charge in [0.2, 0.25) is 0 Å². The minimum Gasteiger partial charge on any atom is -0.462 e. The molecule has 19 heteroatoms. The number of carbonyl (C=O) groups excluding carboxylic acids is 4. The first-order valence-electron chi connectivity index (χ1n) is 35.8. The Morgan fingerprint density at radius 3 is 0.989 bits per heavy atom. The third-order valence-electron chi connectivity index (χ3n) is 14.5. The van der Waals surface area contributed by atoms with Crippen molar-refractivity contribution in [1.29, 1.82) is 0 Å². The molecular weight excluding hydrogens is 1230 g/mol. The lowest BCUT2D eigenvalue weighted by atomic mass is 10.1. The zero-order valence-electron chi connectivity index (χ0n) is 58.3. The summed E-state index contributed by atoms with van der Waals surface area (Å²) >= 11 is 0. The van der Waals surface area contributed by atoms with E-state index >= 15 is 0 Å². The number of carbonyl (C=O) groups is 4. The molecule has 0 saturated carbocycles. The molecule has 0 bridgehead atoms. The first kappa shape index (κ1) is 89.5. The molecular formula is C75H126O17P2. The first-order chi connectivity index (χ1) is 45.7. The molecule has 0 aromatic carbocycles. The van der Waals surface area contributed by atoms with E-state index in [0.29, 0.717) is 25.7 Å². The first-order valence-corrected chi connectivity index (χ1v) is 38.8. The molecule has 0 amide bonds. The van der Waals surface area contributed by atoms with E-state index in [2.05, 4.69) is 125 Å². The third-order valence-corrected chi connectivity index (χ3v) is 16.4. The van der Waals surface area contributed by atoms with Gasteiger partial charge >= 0.3 is 39.5 Å². The fourth-order valence-electron chi connectivity index (χ4n) is 9.03. The van der Waals surface area contributed by atoms with Crippen molar-refractivity contribution in [2.75, 3.05) is 39.6 Å². The lowest BCUT2D eigenvalue weighted by molar-refractivity contribution is -0.161. The molecule has 538 valence electrons. The molecule has 0 aromatic heterocycles. The van der Waals surface area contributed by atoms with E-state index in [1.54, 1.807) is 6.08 Å². The molecule has 0 saturated heterocycles. The van der Waals surface area contributed by atoms with Gasteiger partial charge in [-0.3, -0.25) is 37.3 Å². The van der Waals surface area contributed by atoms with Gasteiger partial charge in [0.1, 0.15) is 19.3 Å². The minimum atomic E-state index is -4.99. The van der Waals surface area contributed by atoms with Crippen molar-refractivity contribution < 1.29 is 80.2 Å². The Morgan fingerprint density at radius 2 is 0.606 bits per heavy atom. The largest absolute Gasteiger partial charge is 0.472 e. The molecule has 3 N–H and O–H groups in total. The zero-order chi connectivity index (χ0) is 69.0. The van der Waals surface area contributed by atoms with E-state index in [0.717, 1.165) is 141 Å². The van der Waals surface area contributed by atoms with Crippen LogP contribution in [0.15, 0.2) is 122 Å². The summed E-state index contributed by atoms with van der Waals surface area (Å²) in [4.78, 5) is 72.5. The third kappa shape index (κ3) is 66.1. The van der Waals surface area contributed by atoms with E-state index < -0.39 is 97.5 Å². The highest BCUT2D eigenvalue weighted by Crippen LogP contribution is 2.45. The molecule has 0 spiro atoms. The van der Waals surface area contributed by atoms with Crippen molar-refractivity contribution in [1.82, 2.24) is 0 Å².